The van der Waals surface area contributed by atoms with Gasteiger partial charge in [-0.2, -0.15) is 4.99 Å². The molecular formula is C18H16N2O4S. The molecule has 3 aromatic rings. The highest BCUT2D eigenvalue weighted by Gasteiger charge is 2.15. The van der Waals surface area contributed by atoms with Gasteiger partial charge in [-0.3, -0.25) is 4.79 Å². The first-order valence-electron chi connectivity index (χ1n) is 7.78. The molecule has 1 aliphatic rings. The van der Waals surface area contributed by atoms with Crippen molar-refractivity contribution in [3.05, 3.63) is 46.8 Å². The van der Waals surface area contributed by atoms with Gasteiger partial charge in [0.05, 0.1) is 17.3 Å². The van der Waals surface area contributed by atoms with Crippen molar-refractivity contribution >= 4 is 27.5 Å². The first kappa shape index (κ1) is 15.7. The summed E-state index contributed by atoms with van der Waals surface area (Å²) >= 11 is 1.44. The lowest BCUT2D eigenvalue weighted by molar-refractivity contribution is 0.0998. The zero-order valence-electron chi connectivity index (χ0n) is 13.8. The summed E-state index contributed by atoms with van der Waals surface area (Å²) in [7, 11) is 3.47. The summed E-state index contributed by atoms with van der Waals surface area (Å²) < 4.78 is 19.2. The van der Waals surface area contributed by atoms with Crippen molar-refractivity contribution < 1.29 is 19.0 Å². The largest absolute Gasteiger partial charge is 0.497 e. The van der Waals surface area contributed by atoms with Crippen LogP contribution in [0.3, 0.4) is 0 Å². The Labute approximate surface area is 147 Å². The molecule has 0 saturated heterocycles. The molecule has 1 aliphatic heterocycles. The minimum Gasteiger partial charge on any atom is -0.497 e. The Morgan fingerprint density at radius 1 is 1.16 bits per heavy atom. The molecule has 1 aromatic heterocycles. The fourth-order valence-electron chi connectivity index (χ4n) is 2.66. The van der Waals surface area contributed by atoms with Crippen molar-refractivity contribution in [1.82, 2.24) is 4.57 Å². The standard InChI is InChI=1S/C18H16N2O4S/c1-20-13-9-14-15(24-8-7-23-14)10-16(13)25-18(20)19-17(21)11-3-5-12(22-2)6-4-11/h3-6,9-10H,7-8H2,1-2H3. The van der Waals surface area contributed by atoms with E-state index in [1.165, 1.54) is 11.3 Å². The number of aryl methyl sites for hydroxylation is 1. The molecule has 0 bridgehead atoms. The molecule has 2 aromatic carbocycles. The lowest BCUT2D eigenvalue weighted by atomic mass is 10.2. The van der Waals surface area contributed by atoms with E-state index in [1.54, 1.807) is 31.4 Å². The summed E-state index contributed by atoms with van der Waals surface area (Å²) in [6.07, 6.45) is 0. The van der Waals surface area contributed by atoms with Crippen molar-refractivity contribution in [1.29, 1.82) is 0 Å². The van der Waals surface area contributed by atoms with Crippen LogP contribution in [0.15, 0.2) is 41.4 Å². The van der Waals surface area contributed by atoms with Gasteiger partial charge in [-0.15, -0.1) is 0 Å². The summed E-state index contributed by atoms with van der Waals surface area (Å²) in [6.45, 7) is 1.09. The number of ether oxygens (including phenoxy) is 3. The van der Waals surface area contributed by atoms with E-state index >= 15 is 0 Å². The minimum atomic E-state index is -0.290. The predicted molar refractivity (Wildman–Crippen MR) is 94.7 cm³/mol. The number of aromatic nitrogens is 1. The summed E-state index contributed by atoms with van der Waals surface area (Å²) in [5.41, 5.74) is 1.47. The lowest BCUT2D eigenvalue weighted by Gasteiger charge is -2.18. The Kier molecular flexibility index (Phi) is 3.93. The van der Waals surface area contributed by atoms with E-state index in [2.05, 4.69) is 4.99 Å². The van der Waals surface area contributed by atoms with Crippen molar-refractivity contribution in [2.75, 3.05) is 20.3 Å². The maximum Gasteiger partial charge on any atom is 0.279 e. The van der Waals surface area contributed by atoms with E-state index < -0.39 is 0 Å². The smallest absolute Gasteiger partial charge is 0.279 e. The number of nitrogens with zero attached hydrogens (tertiary/aromatic N) is 2. The maximum absolute atomic E-state index is 12.4. The summed E-state index contributed by atoms with van der Waals surface area (Å²) in [4.78, 5) is 17.3. The van der Waals surface area contributed by atoms with Gasteiger partial charge < -0.3 is 18.8 Å². The Balaban J connectivity index is 1.75. The van der Waals surface area contributed by atoms with Gasteiger partial charge in [0.2, 0.25) is 0 Å². The van der Waals surface area contributed by atoms with Gasteiger partial charge in [-0.1, -0.05) is 11.3 Å². The first-order chi connectivity index (χ1) is 12.2. The molecule has 0 N–H and O–H groups in total. The Morgan fingerprint density at radius 3 is 2.52 bits per heavy atom. The van der Waals surface area contributed by atoms with Crippen LogP contribution in [-0.2, 0) is 7.05 Å². The van der Waals surface area contributed by atoms with Crippen molar-refractivity contribution in [2.45, 2.75) is 0 Å². The molecule has 2 heterocycles. The molecule has 0 radical (unpaired) electrons. The monoisotopic (exact) mass is 356 g/mol. The zero-order chi connectivity index (χ0) is 17.4. The Morgan fingerprint density at radius 2 is 1.84 bits per heavy atom. The highest BCUT2D eigenvalue weighted by Crippen LogP contribution is 2.35. The molecule has 1 amide bonds. The average Bonchev–Trinajstić information content (AvgIpc) is 2.95. The highest BCUT2D eigenvalue weighted by molar-refractivity contribution is 7.16. The van der Waals surface area contributed by atoms with Crippen LogP contribution in [-0.4, -0.2) is 30.8 Å². The number of thiazole rings is 1. The number of carbonyl (C=O) groups excluding carboxylic acids is 1. The number of benzene rings is 2. The molecule has 0 unspecified atom stereocenters. The van der Waals surface area contributed by atoms with Crippen LogP contribution in [0.1, 0.15) is 10.4 Å². The van der Waals surface area contributed by atoms with E-state index in [0.717, 1.165) is 21.7 Å². The molecule has 0 spiro atoms. The third-order valence-electron chi connectivity index (χ3n) is 4.01. The van der Waals surface area contributed by atoms with E-state index in [9.17, 15) is 4.79 Å². The zero-order valence-corrected chi connectivity index (χ0v) is 14.6. The molecule has 128 valence electrons. The number of amides is 1. The quantitative estimate of drug-likeness (QED) is 0.708. The number of hydrogen-bond donors (Lipinski definition) is 0. The fraction of sp³-hybridized carbons (Fsp3) is 0.222. The normalized spacial score (nSPS) is 13.9. The van der Waals surface area contributed by atoms with E-state index in [0.29, 0.717) is 29.3 Å². The van der Waals surface area contributed by atoms with Crippen LogP contribution in [0.2, 0.25) is 0 Å². The Bertz CT molecular complexity index is 1020. The van der Waals surface area contributed by atoms with Crippen LogP contribution in [0.25, 0.3) is 10.2 Å². The topological polar surface area (TPSA) is 62.0 Å². The van der Waals surface area contributed by atoms with Gasteiger partial charge in [0.25, 0.3) is 5.91 Å². The van der Waals surface area contributed by atoms with E-state index in [1.807, 2.05) is 23.7 Å². The summed E-state index contributed by atoms with van der Waals surface area (Å²) in [5.74, 6) is 1.87. The van der Waals surface area contributed by atoms with E-state index in [4.69, 9.17) is 14.2 Å². The number of fused-ring (bicyclic) bond motifs is 2. The number of hydrogen-bond acceptors (Lipinski definition) is 5. The molecule has 0 atom stereocenters. The third-order valence-corrected chi connectivity index (χ3v) is 5.10. The SMILES string of the molecule is COc1ccc(C(=O)N=c2sc3cc4c(cc3n2C)OCCO4)cc1. The highest BCUT2D eigenvalue weighted by atomic mass is 32.1. The molecule has 0 saturated carbocycles. The Hall–Kier alpha value is -2.80. The predicted octanol–water partition coefficient (Wildman–Crippen LogP) is 2.76. The van der Waals surface area contributed by atoms with Gasteiger partial charge in [0.1, 0.15) is 19.0 Å². The second-order valence-corrected chi connectivity index (χ2v) is 6.56. The number of carbonyl (C=O) groups is 1. The van der Waals surface area contributed by atoms with Gasteiger partial charge in [-0.25, -0.2) is 0 Å². The van der Waals surface area contributed by atoms with Gasteiger partial charge in [0, 0.05) is 24.7 Å². The first-order valence-corrected chi connectivity index (χ1v) is 8.59. The molecule has 25 heavy (non-hydrogen) atoms. The van der Waals surface area contributed by atoms with Gasteiger partial charge in [-0.05, 0) is 24.3 Å². The molecule has 7 heteroatoms. The minimum absolute atomic E-state index is 0.290. The molecular weight excluding hydrogens is 340 g/mol. The van der Waals surface area contributed by atoms with Crippen LogP contribution in [0.4, 0.5) is 0 Å². The molecule has 0 fully saturated rings. The van der Waals surface area contributed by atoms with Crippen molar-refractivity contribution in [3.63, 3.8) is 0 Å². The second kappa shape index (κ2) is 6.25. The van der Waals surface area contributed by atoms with Crippen LogP contribution < -0.4 is 19.0 Å². The molecule has 6 nitrogen and oxygen atoms in total. The summed E-state index contributed by atoms with van der Waals surface area (Å²) in [6, 6.07) is 10.8. The van der Waals surface area contributed by atoms with Gasteiger partial charge in [0.15, 0.2) is 16.3 Å². The number of rotatable bonds is 2. The molecule has 0 aliphatic carbocycles. The lowest BCUT2D eigenvalue weighted by Crippen LogP contribution is -2.15. The third kappa shape index (κ3) is 2.87. The molecule has 4 rings (SSSR count). The van der Waals surface area contributed by atoms with Crippen molar-refractivity contribution in [3.8, 4) is 17.2 Å². The second-order valence-electron chi connectivity index (χ2n) is 5.55. The summed E-state index contributed by atoms with van der Waals surface area (Å²) in [5, 5.41) is 0. The maximum atomic E-state index is 12.4. The van der Waals surface area contributed by atoms with E-state index in [-0.39, 0.29) is 5.91 Å². The van der Waals surface area contributed by atoms with Crippen LogP contribution in [0, 0.1) is 0 Å². The van der Waals surface area contributed by atoms with Crippen LogP contribution in [0.5, 0.6) is 17.2 Å². The van der Waals surface area contributed by atoms with Crippen LogP contribution >= 0.6 is 11.3 Å². The van der Waals surface area contributed by atoms with Gasteiger partial charge >= 0.3 is 0 Å². The fourth-order valence-corrected chi connectivity index (χ4v) is 3.68. The van der Waals surface area contributed by atoms with Crippen molar-refractivity contribution in [2.24, 2.45) is 12.0 Å². The number of methoxy groups -OCH3 is 1. The average molecular weight is 356 g/mol.